The van der Waals surface area contributed by atoms with E-state index in [1.807, 2.05) is 18.2 Å². The van der Waals surface area contributed by atoms with Crippen molar-refractivity contribution in [2.24, 2.45) is 0 Å². The van der Waals surface area contributed by atoms with E-state index in [4.69, 9.17) is 4.74 Å². The number of rotatable bonds is 5. The molecule has 1 aromatic carbocycles. The third-order valence-electron chi connectivity index (χ3n) is 5.62. The van der Waals surface area contributed by atoms with Crippen molar-refractivity contribution in [1.82, 2.24) is 19.9 Å². The molecule has 0 atom stereocenters. The summed E-state index contributed by atoms with van der Waals surface area (Å²) in [5.41, 5.74) is 2.63. The zero-order valence-electron chi connectivity index (χ0n) is 16.1. The molecule has 0 radical (unpaired) electrons. The molecule has 1 saturated carbocycles. The van der Waals surface area contributed by atoms with Gasteiger partial charge in [0.2, 0.25) is 5.95 Å². The lowest BCUT2D eigenvalue weighted by Gasteiger charge is -2.38. The number of aliphatic hydroxyl groups is 1. The monoisotopic (exact) mass is 392 g/mol. The summed E-state index contributed by atoms with van der Waals surface area (Å²) in [5.74, 6) is 1.46. The Bertz CT molecular complexity index is 971. The molecule has 0 spiro atoms. The van der Waals surface area contributed by atoms with Crippen LogP contribution in [0.1, 0.15) is 25.7 Å². The average molecular weight is 392 g/mol. The minimum Gasteiger partial charge on any atom is -0.488 e. The van der Waals surface area contributed by atoms with Gasteiger partial charge in [0.15, 0.2) is 0 Å². The fraction of sp³-hybridized carbons (Fsp3) is 0.429. The third-order valence-corrected chi connectivity index (χ3v) is 5.62. The molecule has 0 amide bonds. The molecule has 1 aliphatic heterocycles. The number of anilines is 2. The molecule has 150 valence electrons. The van der Waals surface area contributed by atoms with Crippen molar-refractivity contribution < 1.29 is 9.84 Å². The molecule has 2 aromatic heterocycles. The highest BCUT2D eigenvalue weighted by atomic mass is 16.5. The molecule has 3 aromatic rings. The first kappa shape index (κ1) is 18.1. The van der Waals surface area contributed by atoms with Crippen LogP contribution in [-0.4, -0.2) is 56.4 Å². The summed E-state index contributed by atoms with van der Waals surface area (Å²) in [6, 6.07) is 6.23. The van der Waals surface area contributed by atoms with E-state index in [1.54, 1.807) is 24.8 Å². The summed E-state index contributed by atoms with van der Waals surface area (Å²) >= 11 is 0. The number of β-amino-alcohol motifs (C(OH)–C–C–N with tert-alkyl or cyclic N) is 1. The predicted octanol–water partition coefficient (Wildman–Crippen LogP) is 2.40. The van der Waals surface area contributed by atoms with Crippen LogP contribution in [0.2, 0.25) is 0 Å². The first-order valence-electron chi connectivity index (χ1n) is 10.1. The number of nitrogens with zero attached hydrogens (tertiary/aromatic N) is 5. The molecule has 2 N–H and O–H groups in total. The van der Waals surface area contributed by atoms with E-state index in [2.05, 4.69) is 30.2 Å². The molecule has 3 heterocycles. The average Bonchev–Trinajstić information content (AvgIpc) is 2.73. The minimum atomic E-state index is -0.256. The maximum absolute atomic E-state index is 9.64. The molecule has 0 bridgehead atoms. The third kappa shape index (κ3) is 3.93. The molecule has 8 nitrogen and oxygen atoms in total. The second kappa shape index (κ2) is 7.79. The number of hydrogen-bond donors (Lipinski definition) is 2. The normalized spacial score (nSPS) is 22.3. The van der Waals surface area contributed by atoms with Crippen molar-refractivity contribution in [3.63, 3.8) is 0 Å². The van der Waals surface area contributed by atoms with E-state index >= 15 is 0 Å². The highest BCUT2D eigenvalue weighted by molar-refractivity contribution is 5.85. The second-order valence-corrected chi connectivity index (χ2v) is 7.74. The van der Waals surface area contributed by atoms with Gasteiger partial charge >= 0.3 is 0 Å². The summed E-state index contributed by atoms with van der Waals surface area (Å²) in [5, 5.41) is 13.0. The SMILES string of the molecule is OC1CN(c2cc(O[C@H]3CC[C@@H](Nc4ncccn4)CC3)c3nccnc3c2)C1. The molecule has 0 unspecified atom stereocenters. The highest BCUT2D eigenvalue weighted by Crippen LogP contribution is 2.34. The van der Waals surface area contributed by atoms with Gasteiger partial charge in [0.1, 0.15) is 11.3 Å². The summed E-state index contributed by atoms with van der Waals surface area (Å²) in [7, 11) is 0. The lowest BCUT2D eigenvalue weighted by Crippen LogP contribution is -2.50. The van der Waals surface area contributed by atoms with Gasteiger partial charge in [-0.15, -0.1) is 0 Å². The molecule has 8 heteroatoms. The Morgan fingerprint density at radius 3 is 2.45 bits per heavy atom. The van der Waals surface area contributed by atoms with Crippen molar-refractivity contribution in [1.29, 1.82) is 0 Å². The molecule has 1 saturated heterocycles. The number of fused-ring (bicyclic) bond motifs is 1. The van der Waals surface area contributed by atoms with Gasteiger partial charge < -0.3 is 20.1 Å². The summed E-state index contributed by atoms with van der Waals surface area (Å²) in [6.45, 7) is 1.28. The van der Waals surface area contributed by atoms with Crippen LogP contribution >= 0.6 is 0 Å². The van der Waals surface area contributed by atoms with Gasteiger partial charge in [0.05, 0.1) is 17.7 Å². The molecule has 2 aliphatic rings. The Kier molecular flexibility index (Phi) is 4.85. The second-order valence-electron chi connectivity index (χ2n) is 7.74. The maximum atomic E-state index is 9.64. The summed E-state index contributed by atoms with van der Waals surface area (Å²) < 4.78 is 6.40. The van der Waals surface area contributed by atoms with Gasteiger partial charge in [-0.1, -0.05) is 0 Å². The Hall–Kier alpha value is -3.00. The number of aromatic nitrogens is 4. The van der Waals surface area contributed by atoms with Crippen LogP contribution < -0.4 is 15.0 Å². The highest BCUT2D eigenvalue weighted by Gasteiger charge is 2.27. The van der Waals surface area contributed by atoms with Gasteiger partial charge in [-0.05, 0) is 37.8 Å². The van der Waals surface area contributed by atoms with Gasteiger partial charge in [0.25, 0.3) is 0 Å². The van der Waals surface area contributed by atoms with E-state index in [-0.39, 0.29) is 12.2 Å². The first-order valence-corrected chi connectivity index (χ1v) is 10.1. The topological polar surface area (TPSA) is 96.3 Å². The fourth-order valence-electron chi connectivity index (χ4n) is 4.03. The van der Waals surface area contributed by atoms with Crippen molar-refractivity contribution in [2.45, 2.75) is 43.9 Å². The maximum Gasteiger partial charge on any atom is 0.222 e. The Morgan fingerprint density at radius 1 is 0.931 bits per heavy atom. The summed E-state index contributed by atoms with van der Waals surface area (Å²) in [6.07, 6.45) is 10.7. The van der Waals surface area contributed by atoms with Crippen LogP contribution in [0.25, 0.3) is 11.0 Å². The van der Waals surface area contributed by atoms with Crippen molar-refractivity contribution in [3.8, 4) is 5.75 Å². The van der Waals surface area contributed by atoms with Crippen LogP contribution in [0.5, 0.6) is 5.75 Å². The van der Waals surface area contributed by atoms with Crippen molar-refractivity contribution in [3.05, 3.63) is 43.0 Å². The van der Waals surface area contributed by atoms with Crippen LogP contribution in [0.4, 0.5) is 11.6 Å². The number of nitrogens with one attached hydrogen (secondary N) is 1. The standard InChI is InChI=1S/C21H24N6O2/c28-16-12-27(13-16)15-10-18-20(23-9-8-22-18)19(11-15)29-17-4-2-14(3-5-17)26-21-24-6-1-7-25-21/h1,6-11,14,16-17,28H,2-5,12-13H2,(H,24,25,26)/t14-,17+. The zero-order valence-corrected chi connectivity index (χ0v) is 16.1. The Morgan fingerprint density at radius 2 is 1.69 bits per heavy atom. The largest absolute Gasteiger partial charge is 0.488 e. The molecular weight excluding hydrogens is 368 g/mol. The van der Waals surface area contributed by atoms with Gasteiger partial charge in [0, 0.05) is 55.7 Å². The molecular formula is C21H24N6O2. The Labute approximate surface area is 169 Å². The molecule has 29 heavy (non-hydrogen) atoms. The van der Waals surface area contributed by atoms with Gasteiger partial charge in [-0.25, -0.2) is 15.0 Å². The lowest BCUT2D eigenvalue weighted by atomic mass is 9.93. The van der Waals surface area contributed by atoms with Crippen molar-refractivity contribution >= 4 is 22.7 Å². The molecule has 1 aliphatic carbocycles. The number of hydrogen-bond acceptors (Lipinski definition) is 8. The van der Waals surface area contributed by atoms with Crippen LogP contribution in [-0.2, 0) is 0 Å². The number of ether oxygens (including phenoxy) is 1. The van der Waals surface area contributed by atoms with E-state index < -0.39 is 0 Å². The molecule has 2 fully saturated rings. The zero-order chi connectivity index (χ0) is 19.6. The predicted molar refractivity (Wildman–Crippen MR) is 110 cm³/mol. The van der Waals surface area contributed by atoms with Crippen LogP contribution in [0.15, 0.2) is 43.0 Å². The molecule has 5 rings (SSSR count). The van der Waals surface area contributed by atoms with Crippen molar-refractivity contribution in [2.75, 3.05) is 23.3 Å². The van der Waals surface area contributed by atoms with Gasteiger partial charge in [-0.3, -0.25) is 4.98 Å². The Balaban J connectivity index is 1.28. The fourth-order valence-corrected chi connectivity index (χ4v) is 4.03. The lowest BCUT2D eigenvalue weighted by molar-refractivity contribution is 0.141. The summed E-state index contributed by atoms with van der Waals surface area (Å²) in [4.78, 5) is 19.6. The minimum absolute atomic E-state index is 0.146. The van der Waals surface area contributed by atoms with Gasteiger partial charge in [-0.2, -0.15) is 0 Å². The van der Waals surface area contributed by atoms with E-state index in [0.29, 0.717) is 25.1 Å². The van der Waals surface area contributed by atoms with E-state index in [0.717, 1.165) is 48.2 Å². The van der Waals surface area contributed by atoms with E-state index in [1.165, 1.54) is 0 Å². The van der Waals surface area contributed by atoms with E-state index in [9.17, 15) is 5.11 Å². The van der Waals surface area contributed by atoms with Crippen LogP contribution in [0, 0.1) is 0 Å². The smallest absolute Gasteiger partial charge is 0.222 e. The van der Waals surface area contributed by atoms with Crippen LogP contribution in [0.3, 0.4) is 0 Å². The number of benzene rings is 1. The quantitative estimate of drug-likeness (QED) is 0.683. The first-order chi connectivity index (χ1) is 14.2. The number of aliphatic hydroxyl groups excluding tert-OH is 1.